The molecule has 2 aliphatic heterocycles. The van der Waals surface area contributed by atoms with Crippen LogP contribution < -0.4 is 10.4 Å². The number of carbonyl (C=O) groups excluding carboxylic acids is 2. The van der Waals surface area contributed by atoms with Crippen LogP contribution in [0.4, 0.5) is 11.4 Å². The number of benzene rings is 3. The van der Waals surface area contributed by atoms with Gasteiger partial charge in [0.1, 0.15) is 5.92 Å². The first-order valence-electron chi connectivity index (χ1n) is 10.4. The Bertz CT molecular complexity index is 1190. The summed E-state index contributed by atoms with van der Waals surface area (Å²) in [7, 11) is 0. The Morgan fingerprint density at radius 3 is 2.59 bits per heavy atom. The first kappa shape index (κ1) is 20.7. The highest BCUT2D eigenvalue weighted by Crippen LogP contribution is 2.57. The second-order valence-corrected chi connectivity index (χ2v) is 8.63. The highest BCUT2D eigenvalue weighted by molar-refractivity contribution is 9.10. The molecule has 1 fully saturated rings. The van der Waals surface area contributed by atoms with E-state index in [4.69, 9.17) is 9.57 Å². The van der Waals surface area contributed by atoms with E-state index in [-0.39, 0.29) is 12.5 Å². The number of nitrogens with one attached hydrogen (secondary N) is 1. The van der Waals surface area contributed by atoms with Gasteiger partial charge in [-0.05, 0) is 42.8 Å². The van der Waals surface area contributed by atoms with Crippen LogP contribution in [0.5, 0.6) is 0 Å². The molecule has 1 unspecified atom stereocenters. The minimum Gasteiger partial charge on any atom is -0.466 e. The molecular weight excluding hydrogens is 472 g/mol. The van der Waals surface area contributed by atoms with Gasteiger partial charge in [-0.2, -0.15) is 0 Å². The molecule has 3 aromatic rings. The van der Waals surface area contributed by atoms with Crippen molar-refractivity contribution in [1.29, 1.82) is 0 Å². The lowest BCUT2D eigenvalue weighted by Gasteiger charge is -2.27. The van der Waals surface area contributed by atoms with Gasteiger partial charge in [-0.15, -0.1) is 0 Å². The van der Waals surface area contributed by atoms with E-state index in [0.29, 0.717) is 11.3 Å². The number of hydrogen-bond donors (Lipinski definition) is 1. The molecule has 2 aliphatic rings. The number of carbonyl (C=O) groups is 2. The molecule has 0 aliphatic carbocycles. The van der Waals surface area contributed by atoms with Gasteiger partial charge in [-0.3, -0.25) is 14.4 Å². The number of hydroxylamine groups is 1. The second kappa shape index (κ2) is 8.07. The number of amides is 1. The van der Waals surface area contributed by atoms with E-state index < -0.39 is 23.5 Å². The number of anilines is 2. The van der Waals surface area contributed by atoms with Gasteiger partial charge in [0.2, 0.25) is 5.60 Å². The summed E-state index contributed by atoms with van der Waals surface area (Å²) < 4.78 is 6.37. The molecule has 0 aromatic heterocycles. The van der Waals surface area contributed by atoms with Crippen molar-refractivity contribution in [1.82, 2.24) is 0 Å². The van der Waals surface area contributed by atoms with Crippen molar-refractivity contribution in [3.8, 4) is 0 Å². The lowest BCUT2D eigenvalue weighted by atomic mass is 9.76. The minimum atomic E-state index is -1.55. The molecule has 0 saturated carbocycles. The van der Waals surface area contributed by atoms with Crippen molar-refractivity contribution in [3.05, 3.63) is 94.5 Å². The smallest absolute Gasteiger partial charge is 0.315 e. The van der Waals surface area contributed by atoms with Crippen LogP contribution in [-0.2, 0) is 24.8 Å². The zero-order chi connectivity index (χ0) is 22.3. The van der Waals surface area contributed by atoms with Crippen LogP contribution in [0.2, 0.25) is 0 Å². The Hall–Kier alpha value is -3.16. The van der Waals surface area contributed by atoms with Crippen molar-refractivity contribution < 1.29 is 19.2 Å². The third-order valence-corrected chi connectivity index (χ3v) is 6.40. The van der Waals surface area contributed by atoms with Crippen molar-refractivity contribution in [2.75, 3.05) is 17.0 Å². The van der Waals surface area contributed by atoms with Crippen LogP contribution in [0.3, 0.4) is 0 Å². The van der Waals surface area contributed by atoms with Crippen molar-refractivity contribution in [2.24, 2.45) is 5.92 Å². The third-order valence-electron chi connectivity index (χ3n) is 5.90. The first-order chi connectivity index (χ1) is 15.6. The van der Waals surface area contributed by atoms with E-state index in [1.165, 1.54) is 0 Å². The Balaban J connectivity index is 1.77. The predicted octanol–water partition coefficient (Wildman–Crippen LogP) is 4.97. The van der Waals surface area contributed by atoms with Crippen molar-refractivity contribution in [2.45, 2.75) is 18.6 Å². The predicted molar refractivity (Wildman–Crippen MR) is 124 cm³/mol. The number of esters is 1. The number of hydrogen-bond acceptors (Lipinski definition) is 5. The summed E-state index contributed by atoms with van der Waals surface area (Å²) >= 11 is 3.53. The monoisotopic (exact) mass is 492 g/mol. The zero-order valence-electron chi connectivity index (χ0n) is 17.3. The number of nitrogens with zero attached hydrogens (tertiary/aromatic N) is 1. The molecule has 6 nitrogen and oxygen atoms in total. The van der Waals surface area contributed by atoms with Gasteiger partial charge < -0.3 is 10.1 Å². The van der Waals surface area contributed by atoms with E-state index >= 15 is 0 Å². The maximum atomic E-state index is 13.5. The third kappa shape index (κ3) is 3.12. The largest absolute Gasteiger partial charge is 0.466 e. The molecule has 1 N–H and O–H groups in total. The summed E-state index contributed by atoms with van der Waals surface area (Å²) in [5.41, 5.74) is 1.28. The molecule has 3 aromatic carbocycles. The fourth-order valence-corrected chi connectivity index (χ4v) is 5.03. The quantitative estimate of drug-likeness (QED) is 0.520. The highest BCUT2D eigenvalue weighted by Gasteiger charge is 2.67. The van der Waals surface area contributed by atoms with Gasteiger partial charge in [0.05, 0.1) is 18.3 Å². The molecule has 3 atom stereocenters. The fourth-order valence-electron chi connectivity index (χ4n) is 4.61. The van der Waals surface area contributed by atoms with Crippen LogP contribution in [0.1, 0.15) is 24.1 Å². The summed E-state index contributed by atoms with van der Waals surface area (Å²) in [6.45, 7) is 1.96. The van der Waals surface area contributed by atoms with Crippen LogP contribution in [-0.4, -0.2) is 18.5 Å². The molecule has 0 bridgehead atoms. The number of para-hydroxylation sites is 2. The summed E-state index contributed by atoms with van der Waals surface area (Å²) in [5.74, 6) is -1.79. The topological polar surface area (TPSA) is 67.9 Å². The van der Waals surface area contributed by atoms with Gasteiger partial charge >= 0.3 is 5.97 Å². The summed E-state index contributed by atoms with van der Waals surface area (Å²) in [4.78, 5) is 33.5. The maximum absolute atomic E-state index is 13.5. The molecule has 0 radical (unpaired) electrons. The van der Waals surface area contributed by atoms with Crippen molar-refractivity contribution >= 4 is 39.2 Å². The number of fused-ring (bicyclic) bond motifs is 2. The molecule has 5 rings (SSSR count). The van der Waals surface area contributed by atoms with E-state index in [2.05, 4.69) is 21.2 Å². The Morgan fingerprint density at radius 2 is 1.84 bits per heavy atom. The highest BCUT2D eigenvalue weighted by atomic mass is 79.9. The molecule has 162 valence electrons. The lowest BCUT2D eigenvalue weighted by molar-refractivity contribution is -0.161. The first-order valence-corrected chi connectivity index (χ1v) is 11.2. The fraction of sp³-hybridized carbons (Fsp3) is 0.200. The molecule has 1 spiro atoms. The Morgan fingerprint density at radius 1 is 1.09 bits per heavy atom. The second-order valence-electron chi connectivity index (χ2n) is 7.72. The Kier molecular flexibility index (Phi) is 5.23. The van der Waals surface area contributed by atoms with Crippen LogP contribution in [0.25, 0.3) is 0 Å². The maximum Gasteiger partial charge on any atom is 0.315 e. The zero-order valence-corrected chi connectivity index (χ0v) is 18.9. The number of ether oxygens (including phenoxy) is 1. The van der Waals surface area contributed by atoms with E-state index in [9.17, 15) is 9.59 Å². The van der Waals surface area contributed by atoms with E-state index in [1.54, 1.807) is 12.0 Å². The number of halogens is 1. The standard InChI is InChI=1S/C25H21BrN2O4/c1-2-31-23(29)21-22(16-9-8-10-17(26)15-16)28(18-11-4-3-5-12-18)32-25(21)19-13-6-7-14-20(19)27-24(25)30/h3-15,21-22H,2H2,1H3,(H,27,30)/t21-,22+,25?/m1/s1. The normalized spacial score (nSPS) is 23.8. The van der Waals surface area contributed by atoms with Gasteiger partial charge in [-0.1, -0.05) is 64.5 Å². The van der Waals surface area contributed by atoms with E-state index in [1.807, 2.05) is 78.9 Å². The molecule has 32 heavy (non-hydrogen) atoms. The van der Waals surface area contributed by atoms with E-state index in [0.717, 1.165) is 15.7 Å². The summed E-state index contributed by atoms with van der Waals surface area (Å²) in [6.07, 6.45) is 0. The summed E-state index contributed by atoms with van der Waals surface area (Å²) in [6, 6.07) is 23.9. The average Bonchev–Trinajstić information content (AvgIpc) is 3.31. The van der Waals surface area contributed by atoms with Crippen molar-refractivity contribution in [3.63, 3.8) is 0 Å². The van der Waals surface area contributed by atoms with Crippen LogP contribution in [0, 0.1) is 5.92 Å². The van der Waals surface area contributed by atoms with Gasteiger partial charge in [0.15, 0.2) is 0 Å². The van der Waals surface area contributed by atoms with Crippen LogP contribution >= 0.6 is 15.9 Å². The molecule has 1 saturated heterocycles. The SMILES string of the molecule is CCOC(=O)[C@H]1[C@H](c2cccc(Br)c2)N(c2ccccc2)OC12C(=O)Nc1ccccc12. The van der Waals surface area contributed by atoms with Gasteiger partial charge in [0, 0.05) is 15.7 Å². The average molecular weight is 493 g/mol. The Labute approximate surface area is 194 Å². The molecule has 2 heterocycles. The van der Waals surface area contributed by atoms with Gasteiger partial charge in [-0.25, -0.2) is 5.06 Å². The van der Waals surface area contributed by atoms with Gasteiger partial charge in [0.25, 0.3) is 5.91 Å². The van der Waals surface area contributed by atoms with Crippen LogP contribution in [0.15, 0.2) is 83.3 Å². The molecule has 1 amide bonds. The number of rotatable bonds is 4. The molecular formula is C25H21BrN2O4. The lowest BCUT2D eigenvalue weighted by Crippen LogP contribution is -2.45. The summed E-state index contributed by atoms with van der Waals surface area (Å²) in [5, 5.41) is 4.58. The minimum absolute atomic E-state index is 0.200. The molecule has 7 heteroatoms.